The zero-order valence-electron chi connectivity index (χ0n) is 12.9. The Morgan fingerprint density at radius 2 is 1.75 bits per heavy atom. The molecule has 1 heterocycles. The molecule has 2 aromatic carbocycles. The van der Waals surface area contributed by atoms with E-state index in [1.165, 1.54) is 6.92 Å². The highest BCUT2D eigenvalue weighted by Gasteiger charge is 2.10. The molecule has 0 saturated heterocycles. The third-order valence-corrected chi connectivity index (χ3v) is 3.50. The van der Waals surface area contributed by atoms with Gasteiger partial charge in [-0.2, -0.15) is 0 Å². The third-order valence-electron chi connectivity index (χ3n) is 3.50. The molecule has 3 rings (SSSR count). The lowest BCUT2D eigenvalue weighted by Crippen LogP contribution is -2.24. The molecule has 6 nitrogen and oxygen atoms in total. The number of anilines is 1. The number of nitrogen functional groups attached to an aromatic ring is 1. The van der Waals surface area contributed by atoms with E-state index in [0.717, 1.165) is 5.39 Å². The van der Waals surface area contributed by atoms with Crippen molar-refractivity contribution >= 4 is 28.3 Å². The predicted molar refractivity (Wildman–Crippen MR) is 90.1 cm³/mol. The fourth-order valence-electron chi connectivity index (χ4n) is 2.27. The standard InChI is InChI=1S/C18H15N3O3/c1-11(22)14-10-12-6-2-5-9-16(12)24-18(14)21-20-17(23)13-7-3-4-8-15(13)19/h2-10H,19H2,1H3,(H,20,23)/b21-18-. The fraction of sp³-hybridized carbons (Fsp3) is 0.0556. The molecule has 1 aromatic heterocycles. The summed E-state index contributed by atoms with van der Waals surface area (Å²) >= 11 is 0. The number of hydrogen-bond acceptors (Lipinski definition) is 5. The van der Waals surface area contributed by atoms with Gasteiger partial charge in [-0.3, -0.25) is 9.59 Å². The minimum absolute atomic E-state index is 0.0454. The maximum atomic E-state index is 12.2. The number of ketones is 1. The van der Waals surface area contributed by atoms with E-state index in [-0.39, 0.29) is 16.9 Å². The van der Waals surface area contributed by atoms with Crippen molar-refractivity contribution < 1.29 is 14.0 Å². The maximum absolute atomic E-state index is 12.2. The first-order chi connectivity index (χ1) is 11.6. The van der Waals surface area contributed by atoms with Gasteiger partial charge < -0.3 is 10.2 Å². The number of carbonyl (C=O) groups excluding carboxylic acids is 2. The first kappa shape index (κ1) is 15.5. The van der Waals surface area contributed by atoms with E-state index < -0.39 is 5.91 Å². The number of nitrogens with zero attached hydrogens (tertiary/aromatic N) is 1. The Kier molecular flexibility index (Phi) is 4.11. The number of para-hydroxylation sites is 2. The van der Waals surface area contributed by atoms with Crippen LogP contribution in [0.4, 0.5) is 5.69 Å². The molecule has 0 spiro atoms. The van der Waals surface area contributed by atoms with Gasteiger partial charge in [-0.15, -0.1) is 5.10 Å². The van der Waals surface area contributed by atoms with Crippen LogP contribution in [0, 0.1) is 0 Å². The highest BCUT2D eigenvalue weighted by molar-refractivity contribution is 5.99. The minimum atomic E-state index is -0.481. The van der Waals surface area contributed by atoms with Crippen molar-refractivity contribution in [1.29, 1.82) is 0 Å². The fourth-order valence-corrected chi connectivity index (χ4v) is 2.27. The minimum Gasteiger partial charge on any atom is -0.436 e. The molecule has 6 heteroatoms. The lowest BCUT2D eigenvalue weighted by molar-refractivity contribution is 0.0948. The van der Waals surface area contributed by atoms with Crippen molar-refractivity contribution in [2.75, 3.05) is 5.73 Å². The van der Waals surface area contributed by atoms with Gasteiger partial charge in [-0.25, -0.2) is 5.43 Å². The zero-order chi connectivity index (χ0) is 17.1. The van der Waals surface area contributed by atoms with Gasteiger partial charge in [0.25, 0.3) is 5.91 Å². The highest BCUT2D eigenvalue weighted by Crippen LogP contribution is 2.13. The van der Waals surface area contributed by atoms with Gasteiger partial charge in [0.05, 0.1) is 11.1 Å². The Labute approximate surface area is 137 Å². The molecule has 0 aliphatic carbocycles. The summed E-state index contributed by atoms with van der Waals surface area (Å²) in [5.41, 5.74) is 9.67. The van der Waals surface area contributed by atoms with Gasteiger partial charge in [0, 0.05) is 11.1 Å². The van der Waals surface area contributed by atoms with Crippen LogP contribution in [0.5, 0.6) is 0 Å². The molecule has 3 N–H and O–H groups in total. The number of amides is 1. The monoisotopic (exact) mass is 321 g/mol. The van der Waals surface area contributed by atoms with E-state index in [2.05, 4.69) is 10.5 Å². The summed E-state index contributed by atoms with van der Waals surface area (Å²) in [5, 5.41) is 4.73. The Morgan fingerprint density at radius 1 is 1.04 bits per heavy atom. The zero-order valence-corrected chi connectivity index (χ0v) is 12.9. The largest absolute Gasteiger partial charge is 0.436 e. The maximum Gasteiger partial charge on any atom is 0.273 e. The number of rotatable bonds is 3. The summed E-state index contributed by atoms with van der Waals surface area (Å²) in [5.74, 6) is -0.692. The summed E-state index contributed by atoms with van der Waals surface area (Å²) in [6.07, 6.45) is 0. The molecule has 0 bridgehead atoms. The van der Waals surface area contributed by atoms with Gasteiger partial charge in [0.2, 0.25) is 5.55 Å². The van der Waals surface area contributed by atoms with Crippen LogP contribution in [0.1, 0.15) is 27.6 Å². The van der Waals surface area contributed by atoms with Crippen LogP contribution in [0.15, 0.2) is 64.1 Å². The topological polar surface area (TPSA) is 97.7 Å². The van der Waals surface area contributed by atoms with Crippen LogP contribution >= 0.6 is 0 Å². The number of nitrogens with one attached hydrogen (secondary N) is 1. The molecule has 0 unspecified atom stereocenters. The predicted octanol–water partition coefficient (Wildman–Crippen LogP) is 2.46. The molecule has 0 saturated carbocycles. The average molecular weight is 321 g/mol. The van der Waals surface area contributed by atoms with E-state index in [1.54, 1.807) is 36.4 Å². The molecule has 0 aliphatic rings. The Hall–Kier alpha value is -3.41. The molecule has 0 atom stereocenters. The molecular weight excluding hydrogens is 306 g/mol. The smallest absolute Gasteiger partial charge is 0.273 e. The van der Waals surface area contributed by atoms with E-state index >= 15 is 0 Å². The summed E-state index contributed by atoms with van der Waals surface area (Å²) < 4.78 is 5.64. The Morgan fingerprint density at radius 3 is 2.50 bits per heavy atom. The van der Waals surface area contributed by atoms with Crippen molar-refractivity contribution in [3.63, 3.8) is 0 Å². The van der Waals surface area contributed by atoms with Gasteiger partial charge in [-0.05, 0) is 31.2 Å². The van der Waals surface area contributed by atoms with Crippen LogP contribution in [0.3, 0.4) is 0 Å². The average Bonchev–Trinajstić information content (AvgIpc) is 2.59. The molecule has 24 heavy (non-hydrogen) atoms. The number of benzene rings is 2. The lowest BCUT2D eigenvalue weighted by Gasteiger charge is -2.04. The lowest BCUT2D eigenvalue weighted by atomic mass is 10.1. The van der Waals surface area contributed by atoms with Crippen molar-refractivity contribution in [3.8, 4) is 0 Å². The van der Waals surface area contributed by atoms with Gasteiger partial charge >= 0.3 is 0 Å². The summed E-state index contributed by atoms with van der Waals surface area (Å²) in [6.45, 7) is 1.41. The molecule has 0 radical (unpaired) electrons. The molecule has 0 aliphatic heterocycles. The first-order valence-corrected chi connectivity index (χ1v) is 7.28. The summed E-state index contributed by atoms with van der Waals surface area (Å²) in [4.78, 5) is 24.0. The molecule has 0 fully saturated rings. The van der Waals surface area contributed by atoms with Crippen LogP contribution in [-0.2, 0) is 0 Å². The third kappa shape index (κ3) is 3.03. The van der Waals surface area contributed by atoms with Crippen molar-refractivity contribution in [2.24, 2.45) is 5.10 Å². The molecule has 3 aromatic rings. The quantitative estimate of drug-likeness (QED) is 0.440. The number of nitrogens with two attached hydrogens (primary N) is 1. The number of carbonyl (C=O) groups is 2. The van der Waals surface area contributed by atoms with Crippen LogP contribution in [-0.4, -0.2) is 11.7 Å². The second kappa shape index (κ2) is 6.37. The number of fused-ring (bicyclic) bond motifs is 1. The second-order valence-electron chi connectivity index (χ2n) is 5.20. The Balaban J connectivity index is 2.03. The van der Waals surface area contributed by atoms with Gasteiger partial charge in [-0.1, -0.05) is 30.3 Å². The first-order valence-electron chi connectivity index (χ1n) is 7.28. The molecule has 1 amide bonds. The SMILES string of the molecule is CC(=O)c1cc2ccccc2o/c1=N\NC(=O)c1ccccc1N. The van der Waals surface area contributed by atoms with E-state index in [1.807, 2.05) is 18.2 Å². The van der Waals surface area contributed by atoms with Crippen LogP contribution < -0.4 is 16.7 Å². The number of Topliss-reactive ketones (excluding diaryl/α,β-unsaturated/α-hetero) is 1. The van der Waals surface area contributed by atoms with Gasteiger partial charge in [0.15, 0.2) is 5.78 Å². The van der Waals surface area contributed by atoms with Gasteiger partial charge in [0.1, 0.15) is 5.58 Å². The summed E-state index contributed by atoms with van der Waals surface area (Å²) in [7, 11) is 0. The molecular formula is C18H15N3O3. The Bertz CT molecular complexity index is 1010. The summed E-state index contributed by atoms with van der Waals surface area (Å²) in [6, 6.07) is 15.6. The van der Waals surface area contributed by atoms with Crippen LogP contribution in [0.25, 0.3) is 11.0 Å². The molecule has 120 valence electrons. The van der Waals surface area contributed by atoms with Crippen molar-refractivity contribution in [3.05, 3.63) is 71.3 Å². The van der Waals surface area contributed by atoms with E-state index in [0.29, 0.717) is 16.8 Å². The second-order valence-corrected chi connectivity index (χ2v) is 5.20. The highest BCUT2D eigenvalue weighted by atomic mass is 16.3. The van der Waals surface area contributed by atoms with Crippen molar-refractivity contribution in [2.45, 2.75) is 6.92 Å². The normalized spacial score (nSPS) is 11.5. The van der Waals surface area contributed by atoms with Crippen LogP contribution in [0.2, 0.25) is 0 Å². The van der Waals surface area contributed by atoms with Crippen molar-refractivity contribution in [1.82, 2.24) is 5.43 Å². The number of hydrogen-bond donors (Lipinski definition) is 2. The van der Waals surface area contributed by atoms with E-state index in [9.17, 15) is 9.59 Å². The van der Waals surface area contributed by atoms with E-state index in [4.69, 9.17) is 10.2 Å².